The molecule has 2 rings (SSSR count). The van der Waals surface area contributed by atoms with E-state index < -0.39 is 0 Å². The first-order valence-corrected chi connectivity index (χ1v) is 6.23. The molecule has 0 aromatic heterocycles. The highest BCUT2D eigenvalue weighted by Gasteiger charge is 2.27. The molecule has 4 heteroatoms. The lowest BCUT2D eigenvalue weighted by atomic mass is 10.2. The van der Waals surface area contributed by atoms with Crippen LogP contribution in [0.5, 0.6) is 5.75 Å². The van der Waals surface area contributed by atoms with Gasteiger partial charge in [-0.2, -0.15) is 17.9 Å². The van der Waals surface area contributed by atoms with Crippen molar-refractivity contribution in [3.05, 3.63) is 35.7 Å². The van der Waals surface area contributed by atoms with Crippen LogP contribution in [-0.2, 0) is 0 Å². The quantitative estimate of drug-likeness (QED) is 0.658. The highest BCUT2D eigenvalue weighted by Crippen LogP contribution is 2.39. The van der Waals surface area contributed by atoms with E-state index in [-0.39, 0.29) is 0 Å². The van der Waals surface area contributed by atoms with Crippen LogP contribution in [0.4, 0.5) is 5.69 Å². The molecule has 1 aliphatic rings. The third-order valence-electron chi connectivity index (χ3n) is 2.61. The lowest BCUT2D eigenvalue weighted by Gasteiger charge is -2.18. The van der Waals surface area contributed by atoms with E-state index in [9.17, 15) is 0 Å². The number of benzene rings is 1. The molecule has 3 nitrogen and oxygen atoms in total. The fourth-order valence-electron chi connectivity index (χ4n) is 1.86. The first kappa shape index (κ1) is 11.9. The molecule has 0 N–H and O–H groups in total. The van der Waals surface area contributed by atoms with Crippen LogP contribution in [0.15, 0.2) is 35.7 Å². The second kappa shape index (κ2) is 5.15. The number of thiol groups is 1. The largest absolute Gasteiger partial charge is 0.438 e. The summed E-state index contributed by atoms with van der Waals surface area (Å²) >= 11 is 4.17. The maximum atomic E-state index is 9.09. The average Bonchev–Trinajstić information content (AvgIpc) is 2.71. The molecule has 0 saturated carbocycles. The van der Waals surface area contributed by atoms with Crippen molar-refractivity contribution < 1.29 is 4.74 Å². The Hall–Kier alpha value is -1.60. The van der Waals surface area contributed by atoms with Crippen molar-refractivity contribution in [2.45, 2.75) is 13.3 Å². The fraction of sp³-hybridized carbons (Fsp3) is 0.308. The van der Waals surface area contributed by atoms with E-state index in [2.05, 4.69) is 25.6 Å². The minimum absolute atomic E-state index is 0.389. The van der Waals surface area contributed by atoms with Gasteiger partial charge in [0, 0.05) is 12.3 Å². The van der Waals surface area contributed by atoms with E-state index in [0.717, 1.165) is 24.4 Å². The summed E-state index contributed by atoms with van der Waals surface area (Å²) in [5, 5.41) is 9.09. The Kier molecular flexibility index (Phi) is 3.60. The summed E-state index contributed by atoms with van der Waals surface area (Å²) in [6, 6.07) is 9.98. The van der Waals surface area contributed by atoms with Crippen LogP contribution in [0.1, 0.15) is 13.3 Å². The summed E-state index contributed by atoms with van der Waals surface area (Å²) in [5.74, 6) is 1.83. The Balaban J connectivity index is 2.47. The molecule has 0 bridgehead atoms. The maximum Gasteiger partial charge on any atom is 0.215 e. The van der Waals surface area contributed by atoms with Crippen LogP contribution in [-0.4, -0.2) is 12.3 Å². The number of fused-ring (bicyclic) bond motifs is 1. The fourth-order valence-corrected chi connectivity index (χ4v) is 2.06. The van der Waals surface area contributed by atoms with Gasteiger partial charge in [0.2, 0.25) is 5.88 Å². The molecule has 1 heterocycles. The second-order valence-electron chi connectivity index (χ2n) is 3.78. The maximum absolute atomic E-state index is 9.09. The summed E-state index contributed by atoms with van der Waals surface area (Å²) in [6.07, 6.45) is 0.993. The SMILES string of the molecule is CCCN1/C(=C(/C#N)CS)Oc2ccccc21. The standard InChI is InChI=1S/C13H14N2OS/c1-2-7-15-11-5-3-4-6-12(11)16-13(15)10(8-14)9-17/h3-6,17H,2,7,9H2,1H3/b13-10+. The van der Waals surface area contributed by atoms with Gasteiger partial charge in [0.25, 0.3) is 0 Å². The van der Waals surface area contributed by atoms with Gasteiger partial charge in [-0.25, -0.2) is 0 Å². The van der Waals surface area contributed by atoms with Gasteiger partial charge < -0.3 is 9.64 Å². The number of ether oxygens (including phenoxy) is 1. The van der Waals surface area contributed by atoms with E-state index in [4.69, 9.17) is 10.00 Å². The zero-order chi connectivity index (χ0) is 12.3. The highest BCUT2D eigenvalue weighted by molar-refractivity contribution is 7.80. The molecule has 0 unspecified atom stereocenters. The lowest BCUT2D eigenvalue weighted by Crippen LogP contribution is -2.22. The Morgan fingerprint density at radius 2 is 2.24 bits per heavy atom. The summed E-state index contributed by atoms with van der Waals surface area (Å²) < 4.78 is 5.75. The zero-order valence-electron chi connectivity index (χ0n) is 9.68. The van der Waals surface area contributed by atoms with E-state index in [1.165, 1.54) is 0 Å². The van der Waals surface area contributed by atoms with Crippen LogP contribution in [0.3, 0.4) is 0 Å². The molecule has 0 saturated heterocycles. The number of nitriles is 1. The highest BCUT2D eigenvalue weighted by atomic mass is 32.1. The van der Waals surface area contributed by atoms with Crippen molar-refractivity contribution in [2.75, 3.05) is 17.2 Å². The topological polar surface area (TPSA) is 36.3 Å². The van der Waals surface area contributed by atoms with Gasteiger partial charge in [0.1, 0.15) is 6.07 Å². The smallest absolute Gasteiger partial charge is 0.215 e. The minimum Gasteiger partial charge on any atom is -0.438 e. The van der Waals surface area contributed by atoms with E-state index in [0.29, 0.717) is 17.2 Å². The Morgan fingerprint density at radius 1 is 1.47 bits per heavy atom. The molecule has 1 aromatic rings. The number of anilines is 1. The molecule has 0 atom stereocenters. The molecule has 0 aliphatic carbocycles. The van der Waals surface area contributed by atoms with Crippen molar-refractivity contribution in [1.29, 1.82) is 5.26 Å². The van der Waals surface area contributed by atoms with Gasteiger partial charge in [0.15, 0.2) is 5.75 Å². The predicted molar refractivity (Wildman–Crippen MR) is 71.2 cm³/mol. The number of hydrogen-bond donors (Lipinski definition) is 1. The van der Waals surface area contributed by atoms with E-state index >= 15 is 0 Å². The third-order valence-corrected chi connectivity index (χ3v) is 2.92. The van der Waals surface area contributed by atoms with Gasteiger partial charge in [0.05, 0.1) is 11.3 Å². The summed E-state index contributed by atoms with van der Waals surface area (Å²) in [4.78, 5) is 2.05. The monoisotopic (exact) mass is 246 g/mol. The van der Waals surface area contributed by atoms with Crippen LogP contribution >= 0.6 is 12.6 Å². The third kappa shape index (κ3) is 2.11. The number of nitrogens with zero attached hydrogens (tertiary/aromatic N) is 2. The van der Waals surface area contributed by atoms with Crippen molar-refractivity contribution in [1.82, 2.24) is 0 Å². The molecule has 88 valence electrons. The second-order valence-corrected chi connectivity index (χ2v) is 4.09. The molecular formula is C13H14N2OS. The minimum atomic E-state index is 0.389. The molecule has 0 amide bonds. The first-order chi connectivity index (χ1) is 8.31. The molecule has 0 fully saturated rings. The predicted octanol–water partition coefficient (Wildman–Crippen LogP) is 2.96. The molecule has 17 heavy (non-hydrogen) atoms. The van der Waals surface area contributed by atoms with Gasteiger partial charge in [-0.15, -0.1) is 0 Å². The number of rotatable bonds is 3. The number of hydrogen-bond acceptors (Lipinski definition) is 4. The van der Waals surface area contributed by atoms with Crippen molar-refractivity contribution in [2.24, 2.45) is 0 Å². The van der Waals surface area contributed by atoms with E-state index in [1.54, 1.807) is 0 Å². The first-order valence-electron chi connectivity index (χ1n) is 5.60. The van der Waals surface area contributed by atoms with Crippen molar-refractivity contribution in [3.63, 3.8) is 0 Å². The van der Waals surface area contributed by atoms with E-state index in [1.807, 2.05) is 29.2 Å². The van der Waals surface area contributed by atoms with Crippen LogP contribution < -0.4 is 9.64 Å². The number of para-hydroxylation sites is 2. The molecule has 1 aliphatic heterocycles. The zero-order valence-corrected chi connectivity index (χ0v) is 10.6. The normalized spacial score (nSPS) is 16.2. The van der Waals surface area contributed by atoms with Crippen LogP contribution in [0, 0.1) is 11.3 Å². The van der Waals surface area contributed by atoms with Gasteiger partial charge in [-0.3, -0.25) is 0 Å². The summed E-state index contributed by atoms with van der Waals surface area (Å²) in [6.45, 7) is 2.94. The molecule has 1 aromatic carbocycles. The summed E-state index contributed by atoms with van der Waals surface area (Å²) in [7, 11) is 0. The van der Waals surface area contributed by atoms with Crippen LogP contribution in [0.2, 0.25) is 0 Å². The van der Waals surface area contributed by atoms with Gasteiger partial charge in [-0.05, 0) is 18.6 Å². The average molecular weight is 246 g/mol. The molecular weight excluding hydrogens is 232 g/mol. The van der Waals surface area contributed by atoms with Crippen molar-refractivity contribution in [3.8, 4) is 11.8 Å². The Labute approximate surface area is 107 Å². The summed E-state index contributed by atoms with van der Waals surface area (Å²) in [5.41, 5.74) is 1.59. The van der Waals surface area contributed by atoms with Crippen LogP contribution in [0.25, 0.3) is 0 Å². The molecule has 0 spiro atoms. The Bertz CT molecular complexity index is 490. The lowest BCUT2D eigenvalue weighted by molar-refractivity contribution is 0.433. The van der Waals surface area contributed by atoms with Gasteiger partial charge in [-0.1, -0.05) is 19.1 Å². The Morgan fingerprint density at radius 3 is 2.88 bits per heavy atom. The molecule has 0 radical (unpaired) electrons. The van der Waals surface area contributed by atoms with Crippen molar-refractivity contribution >= 4 is 18.3 Å². The van der Waals surface area contributed by atoms with Gasteiger partial charge >= 0.3 is 0 Å².